The Bertz CT molecular complexity index is 333. The zero-order chi connectivity index (χ0) is 13.7. The third kappa shape index (κ3) is 3.91. The number of hydrogen-bond donors (Lipinski definition) is 2. The van der Waals surface area contributed by atoms with Gasteiger partial charge >= 0.3 is 0 Å². The van der Waals surface area contributed by atoms with Gasteiger partial charge < -0.3 is 15.3 Å². The number of hydrogen-bond acceptors (Lipinski definition) is 4. The lowest BCUT2D eigenvalue weighted by Crippen LogP contribution is -2.53. The van der Waals surface area contributed by atoms with Crippen molar-refractivity contribution in [3.8, 4) is 0 Å². The van der Waals surface area contributed by atoms with Crippen LogP contribution < -0.4 is 5.32 Å². The molecule has 2 aliphatic heterocycles. The molecule has 0 aromatic heterocycles. The molecule has 2 saturated heterocycles. The van der Waals surface area contributed by atoms with Crippen LogP contribution in [0.25, 0.3) is 0 Å². The van der Waals surface area contributed by atoms with E-state index in [0.29, 0.717) is 25.7 Å². The predicted octanol–water partition coefficient (Wildman–Crippen LogP) is -0.818. The van der Waals surface area contributed by atoms with Gasteiger partial charge in [-0.2, -0.15) is 0 Å². The van der Waals surface area contributed by atoms with Gasteiger partial charge in [0.2, 0.25) is 11.8 Å². The molecule has 0 aromatic carbocycles. The Morgan fingerprint density at radius 2 is 2.21 bits per heavy atom. The standard InChI is InChI=1S/C13H23N3O3/c17-8-4-11-3-1-2-6-15(11)10-13(19)16-7-5-14-12(18)9-16/h11,17H,1-10H2,(H,14,18). The summed E-state index contributed by atoms with van der Waals surface area (Å²) in [5.74, 6) is -0.0511. The molecular weight excluding hydrogens is 246 g/mol. The Labute approximate surface area is 113 Å². The lowest BCUT2D eigenvalue weighted by Gasteiger charge is -2.36. The number of aliphatic hydroxyl groups is 1. The van der Waals surface area contributed by atoms with E-state index in [1.807, 2.05) is 0 Å². The van der Waals surface area contributed by atoms with E-state index < -0.39 is 0 Å². The molecule has 1 atom stereocenters. The molecule has 2 rings (SSSR count). The van der Waals surface area contributed by atoms with Crippen LogP contribution in [0, 0.1) is 0 Å². The molecule has 2 heterocycles. The molecule has 0 aliphatic carbocycles. The molecule has 108 valence electrons. The Hall–Kier alpha value is -1.14. The van der Waals surface area contributed by atoms with E-state index in [4.69, 9.17) is 5.11 Å². The van der Waals surface area contributed by atoms with Gasteiger partial charge in [0.1, 0.15) is 0 Å². The Kier molecular flexibility index (Phi) is 5.15. The maximum Gasteiger partial charge on any atom is 0.239 e. The van der Waals surface area contributed by atoms with Gasteiger partial charge in [-0.15, -0.1) is 0 Å². The molecule has 2 aliphatic rings. The number of amides is 2. The topological polar surface area (TPSA) is 72.9 Å². The van der Waals surface area contributed by atoms with Crippen molar-refractivity contribution in [3.63, 3.8) is 0 Å². The lowest BCUT2D eigenvalue weighted by atomic mass is 9.99. The van der Waals surface area contributed by atoms with Crippen molar-refractivity contribution in [1.82, 2.24) is 15.1 Å². The summed E-state index contributed by atoms with van der Waals surface area (Å²) in [4.78, 5) is 27.3. The van der Waals surface area contributed by atoms with Crippen molar-refractivity contribution in [3.05, 3.63) is 0 Å². The molecule has 6 nitrogen and oxygen atoms in total. The van der Waals surface area contributed by atoms with Gasteiger partial charge in [0.05, 0.1) is 13.1 Å². The number of carbonyl (C=O) groups is 2. The Balaban J connectivity index is 1.87. The van der Waals surface area contributed by atoms with Gasteiger partial charge in [-0.3, -0.25) is 14.5 Å². The molecule has 0 spiro atoms. The highest BCUT2D eigenvalue weighted by Gasteiger charge is 2.27. The minimum atomic E-state index is -0.0786. The van der Waals surface area contributed by atoms with Crippen LogP contribution in [0.2, 0.25) is 0 Å². The van der Waals surface area contributed by atoms with Gasteiger partial charge in [0, 0.05) is 25.7 Å². The summed E-state index contributed by atoms with van der Waals surface area (Å²) in [6.45, 7) is 2.78. The van der Waals surface area contributed by atoms with Crippen molar-refractivity contribution < 1.29 is 14.7 Å². The lowest BCUT2D eigenvalue weighted by molar-refractivity contribution is -0.139. The molecule has 0 saturated carbocycles. The molecule has 0 radical (unpaired) electrons. The molecule has 2 amide bonds. The molecule has 1 unspecified atom stereocenters. The summed E-state index contributed by atoms with van der Waals surface area (Å²) in [6.07, 6.45) is 4.05. The number of nitrogens with one attached hydrogen (secondary N) is 1. The summed E-state index contributed by atoms with van der Waals surface area (Å²) >= 11 is 0. The summed E-state index contributed by atoms with van der Waals surface area (Å²) in [6, 6.07) is 0.307. The van der Waals surface area contributed by atoms with Crippen LogP contribution in [-0.2, 0) is 9.59 Å². The number of carbonyl (C=O) groups excluding carboxylic acids is 2. The second-order valence-corrected chi connectivity index (χ2v) is 5.30. The fourth-order valence-corrected chi connectivity index (χ4v) is 2.87. The van der Waals surface area contributed by atoms with Crippen LogP contribution in [-0.4, -0.2) is 72.1 Å². The third-order valence-electron chi connectivity index (χ3n) is 3.94. The second kappa shape index (κ2) is 6.86. The molecule has 0 aromatic rings. The van der Waals surface area contributed by atoms with E-state index in [9.17, 15) is 9.59 Å². The van der Waals surface area contributed by atoms with Gasteiger partial charge in [-0.1, -0.05) is 6.42 Å². The highest BCUT2D eigenvalue weighted by atomic mass is 16.3. The summed E-state index contributed by atoms with van der Waals surface area (Å²) in [5, 5.41) is 11.8. The number of nitrogens with zero attached hydrogens (tertiary/aromatic N) is 2. The monoisotopic (exact) mass is 269 g/mol. The highest BCUT2D eigenvalue weighted by molar-refractivity contribution is 5.86. The van der Waals surface area contributed by atoms with Crippen molar-refractivity contribution in [1.29, 1.82) is 0 Å². The second-order valence-electron chi connectivity index (χ2n) is 5.30. The minimum Gasteiger partial charge on any atom is -0.396 e. The summed E-state index contributed by atoms with van der Waals surface area (Å²) in [5.41, 5.74) is 0. The first kappa shape index (κ1) is 14.3. The predicted molar refractivity (Wildman–Crippen MR) is 70.5 cm³/mol. The van der Waals surface area contributed by atoms with E-state index in [1.165, 1.54) is 6.42 Å². The van der Waals surface area contributed by atoms with Crippen LogP contribution in [0.3, 0.4) is 0 Å². The molecule has 19 heavy (non-hydrogen) atoms. The van der Waals surface area contributed by atoms with Crippen LogP contribution in [0.5, 0.6) is 0 Å². The maximum absolute atomic E-state index is 12.2. The number of likely N-dealkylation sites (tertiary alicyclic amines) is 1. The van der Waals surface area contributed by atoms with Crippen molar-refractivity contribution in [2.75, 3.05) is 39.3 Å². The van der Waals surface area contributed by atoms with Crippen LogP contribution in [0.4, 0.5) is 0 Å². The first-order valence-electron chi connectivity index (χ1n) is 7.10. The van der Waals surface area contributed by atoms with Gasteiger partial charge in [-0.05, 0) is 25.8 Å². The van der Waals surface area contributed by atoms with Crippen LogP contribution in [0.15, 0.2) is 0 Å². The molecule has 0 bridgehead atoms. The number of piperazine rings is 1. The molecule has 2 N–H and O–H groups in total. The number of rotatable bonds is 4. The zero-order valence-electron chi connectivity index (χ0n) is 11.3. The van der Waals surface area contributed by atoms with Gasteiger partial charge in [0.15, 0.2) is 0 Å². The average molecular weight is 269 g/mol. The van der Waals surface area contributed by atoms with E-state index >= 15 is 0 Å². The SMILES string of the molecule is O=C1CN(C(=O)CN2CCCCC2CCO)CCN1. The van der Waals surface area contributed by atoms with Gasteiger partial charge in [-0.25, -0.2) is 0 Å². The largest absolute Gasteiger partial charge is 0.396 e. The van der Waals surface area contributed by atoms with E-state index in [2.05, 4.69) is 10.2 Å². The van der Waals surface area contributed by atoms with Crippen molar-refractivity contribution >= 4 is 11.8 Å². The van der Waals surface area contributed by atoms with E-state index in [-0.39, 0.29) is 25.0 Å². The summed E-state index contributed by atoms with van der Waals surface area (Å²) < 4.78 is 0. The number of aliphatic hydroxyl groups excluding tert-OH is 1. The normalized spacial score (nSPS) is 25.2. The molecule has 6 heteroatoms. The van der Waals surface area contributed by atoms with Crippen molar-refractivity contribution in [2.24, 2.45) is 0 Å². The zero-order valence-corrected chi connectivity index (χ0v) is 11.3. The summed E-state index contributed by atoms with van der Waals surface area (Å²) in [7, 11) is 0. The van der Waals surface area contributed by atoms with E-state index in [1.54, 1.807) is 4.90 Å². The van der Waals surface area contributed by atoms with Crippen molar-refractivity contribution in [2.45, 2.75) is 31.7 Å². The fraction of sp³-hybridized carbons (Fsp3) is 0.846. The first-order valence-corrected chi connectivity index (χ1v) is 7.10. The number of piperidine rings is 1. The first-order chi connectivity index (χ1) is 9.20. The van der Waals surface area contributed by atoms with Crippen LogP contribution in [0.1, 0.15) is 25.7 Å². The van der Waals surface area contributed by atoms with Crippen LogP contribution >= 0.6 is 0 Å². The quantitative estimate of drug-likeness (QED) is 0.699. The maximum atomic E-state index is 12.2. The third-order valence-corrected chi connectivity index (χ3v) is 3.94. The smallest absolute Gasteiger partial charge is 0.239 e. The Morgan fingerprint density at radius 3 is 2.95 bits per heavy atom. The highest BCUT2D eigenvalue weighted by Crippen LogP contribution is 2.19. The Morgan fingerprint density at radius 1 is 1.37 bits per heavy atom. The molecule has 2 fully saturated rings. The minimum absolute atomic E-state index is 0.0275. The fourth-order valence-electron chi connectivity index (χ4n) is 2.87. The molecular formula is C13H23N3O3. The van der Waals surface area contributed by atoms with Gasteiger partial charge in [0.25, 0.3) is 0 Å². The average Bonchev–Trinajstić information content (AvgIpc) is 2.41. The van der Waals surface area contributed by atoms with E-state index in [0.717, 1.165) is 25.8 Å².